The van der Waals surface area contributed by atoms with E-state index in [4.69, 9.17) is 0 Å². The molecule has 0 atom stereocenters. The van der Waals surface area contributed by atoms with Gasteiger partial charge in [0.2, 0.25) is 0 Å². The maximum Gasteiger partial charge on any atom is 0.293 e. The number of aryl methyl sites for hydroxylation is 1. The van der Waals surface area contributed by atoms with Crippen LogP contribution in [0, 0.1) is 5.92 Å². The second-order valence-corrected chi connectivity index (χ2v) is 5.78. The number of nitrogens with one attached hydrogen (secondary N) is 1. The summed E-state index contributed by atoms with van der Waals surface area (Å²) in [5, 5.41) is 3.60. The molecule has 0 unspecified atom stereocenters. The largest absolute Gasteiger partial charge is 0.352 e. The summed E-state index contributed by atoms with van der Waals surface area (Å²) in [5.41, 5.74) is 0.0112. The van der Waals surface area contributed by atoms with Crippen molar-refractivity contribution in [1.29, 1.82) is 0 Å². The Bertz CT molecular complexity index is 486. The zero-order valence-corrected chi connectivity index (χ0v) is 11.5. The molecule has 5 heteroatoms. The van der Waals surface area contributed by atoms with Crippen molar-refractivity contribution in [3.8, 4) is 0 Å². The van der Waals surface area contributed by atoms with Gasteiger partial charge in [0.15, 0.2) is 5.82 Å². The lowest BCUT2D eigenvalue weighted by molar-refractivity contribution is 0.380. The van der Waals surface area contributed by atoms with Gasteiger partial charge < -0.3 is 14.8 Å². The third kappa shape index (κ3) is 2.97. The van der Waals surface area contributed by atoms with Crippen LogP contribution < -0.4 is 15.8 Å². The maximum absolute atomic E-state index is 12.0. The molecule has 3 rings (SSSR count). The first kappa shape index (κ1) is 12.7. The van der Waals surface area contributed by atoms with Gasteiger partial charge in [0, 0.05) is 38.6 Å². The van der Waals surface area contributed by atoms with Gasteiger partial charge in [-0.1, -0.05) is 0 Å². The van der Waals surface area contributed by atoms with Crippen LogP contribution in [0.4, 0.5) is 5.82 Å². The van der Waals surface area contributed by atoms with Crippen molar-refractivity contribution in [2.75, 3.05) is 24.5 Å². The third-order valence-corrected chi connectivity index (χ3v) is 4.19. The molecule has 5 nitrogen and oxygen atoms in total. The van der Waals surface area contributed by atoms with Crippen LogP contribution in [0.2, 0.25) is 0 Å². The molecular formula is C14H22N4O. The van der Waals surface area contributed by atoms with Crippen molar-refractivity contribution in [3.05, 3.63) is 22.7 Å². The van der Waals surface area contributed by atoms with E-state index >= 15 is 0 Å². The van der Waals surface area contributed by atoms with E-state index in [0.717, 1.165) is 44.4 Å². The summed E-state index contributed by atoms with van der Waals surface area (Å²) < 4.78 is 1.60. The molecule has 19 heavy (non-hydrogen) atoms. The Morgan fingerprint density at radius 3 is 2.74 bits per heavy atom. The van der Waals surface area contributed by atoms with Gasteiger partial charge >= 0.3 is 0 Å². The van der Waals surface area contributed by atoms with E-state index in [2.05, 4.69) is 15.2 Å². The van der Waals surface area contributed by atoms with Gasteiger partial charge in [-0.3, -0.25) is 4.79 Å². The van der Waals surface area contributed by atoms with Gasteiger partial charge in [-0.05, 0) is 38.1 Å². The molecule has 0 radical (unpaired) electrons. The lowest BCUT2D eigenvalue weighted by atomic mass is 9.97. The number of hydrogen-bond donors (Lipinski definition) is 1. The Labute approximate surface area is 113 Å². The Kier molecular flexibility index (Phi) is 3.55. The summed E-state index contributed by atoms with van der Waals surface area (Å²) in [5.74, 6) is 1.36. The number of hydrogen-bond acceptors (Lipinski definition) is 4. The van der Waals surface area contributed by atoms with Crippen molar-refractivity contribution < 1.29 is 0 Å². The average Bonchev–Trinajstić information content (AvgIpc) is 3.25. The molecule has 2 heterocycles. The minimum Gasteiger partial charge on any atom is -0.352 e. The fourth-order valence-corrected chi connectivity index (χ4v) is 2.67. The SMILES string of the molecule is Cn1ccnc(N2CCC(CNC3CC3)CC2)c1=O. The molecular weight excluding hydrogens is 240 g/mol. The van der Waals surface area contributed by atoms with Crippen LogP contribution in [0.5, 0.6) is 0 Å². The van der Waals surface area contributed by atoms with Gasteiger partial charge in [-0.15, -0.1) is 0 Å². The first-order valence-electron chi connectivity index (χ1n) is 7.24. The van der Waals surface area contributed by atoms with E-state index in [9.17, 15) is 4.79 Å². The lowest BCUT2D eigenvalue weighted by Gasteiger charge is -2.32. The Morgan fingerprint density at radius 1 is 1.32 bits per heavy atom. The zero-order chi connectivity index (χ0) is 13.2. The molecule has 1 saturated carbocycles. The monoisotopic (exact) mass is 262 g/mol. The number of nitrogens with zero attached hydrogens (tertiary/aromatic N) is 3. The van der Waals surface area contributed by atoms with Crippen molar-refractivity contribution in [2.45, 2.75) is 31.7 Å². The summed E-state index contributed by atoms with van der Waals surface area (Å²) in [6.45, 7) is 3.03. The highest BCUT2D eigenvalue weighted by atomic mass is 16.1. The number of aromatic nitrogens is 2. The summed E-state index contributed by atoms with van der Waals surface area (Å²) in [6, 6.07) is 0.793. The molecule has 1 saturated heterocycles. The molecule has 0 amide bonds. The van der Waals surface area contributed by atoms with Crippen LogP contribution in [0.1, 0.15) is 25.7 Å². The summed E-state index contributed by atoms with van der Waals surface area (Å²) in [4.78, 5) is 18.4. The van der Waals surface area contributed by atoms with Crippen molar-refractivity contribution >= 4 is 5.82 Å². The highest BCUT2D eigenvalue weighted by molar-refractivity contribution is 5.36. The second-order valence-electron chi connectivity index (χ2n) is 5.78. The molecule has 1 aliphatic carbocycles. The molecule has 0 aromatic carbocycles. The highest BCUT2D eigenvalue weighted by Crippen LogP contribution is 2.22. The van der Waals surface area contributed by atoms with Crippen LogP contribution in [0.15, 0.2) is 17.2 Å². The summed E-state index contributed by atoms with van der Waals surface area (Å²) in [7, 11) is 1.78. The van der Waals surface area contributed by atoms with Crippen LogP contribution in [0.3, 0.4) is 0 Å². The predicted molar refractivity (Wildman–Crippen MR) is 75.4 cm³/mol. The van der Waals surface area contributed by atoms with E-state index in [-0.39, 0.29) is 5.56 Å². The van der Waals surface area contributed by atoms with Crippen molar-refractivity contribution in [3.63, 3.8) is 0 Å². The van der Waals surface area contributed by atoms with Gasteiger partial charge in [0.25, 0.3) is 5.56 Å². The average molecular weight is 262 g/mol. The minimum atomic E-state index is 0.0112. The maximum atomic E-state index is 12.0. The number of anilines is 1. The third-order valence-electron chi connectivity index (χ3n) is 4.19. The standard InChI is InChI=1S/C14H22N4O/c1-17-9-6-15-13(14(17)19)18-7-4-11(5-8-18)10-16-12-2-3-12/h6,9,11-12,16H,2-5,7-8,10H2,1H3. The second kappa shape index (κ2) is 5.33. The summed E-state index contributed by atoms with van der Waals surface area (Å²) >= 11 is 0. The smallest absolute Gasteiger partial charge is 0.293 e. The minimum absolute atomic E-state index is 0.0112. The van der Waals surface area contributed by atoms with Crippen LogP contribution >= 0.6 is 0 Å². The van der Waals surface area contributed by atoms with E-state index < -0.39 is 0 Å². The zero-order valence-electron chi connectivity index (χ0n) is 11.5. The quantitative estimate of drug-likeness (QED) is 0.870. The van der Waals surface area contributed by atoms with E-state index in [1.54, 1.807) is 24.0 Å². The van der Waals surface area contributed by atoms with Crippen molar-refractivity contribution in [1.82, 2.24) is 14.9 Å². The normalized spacial score (nSPS) is 20.8. The van der Waals surface area contributed by atoms with Gasteiger partial charge in [0.1, 0.15) is 0 Å². The first-order valence-corrected chi connectivity index (χ1v) is 7.24. The first-order chi connectivity index (χ1) is 9.24. The molecule has 2 aliphatic rings. The molecule has 1 N–H and O–H groups in total. The van der Waals surface area contributed by atoms with E-state index in [0.29, 0.717) is 5.82 Å². The predicted octanol–water partition coefficient (Wildman–Crippen LogP) is 0.749. The van der Waals surface area contributed by atoms with Gasteiger partial charge in [0.05, 0.1) is 0 Å². The number of piperidine rings is 1. The summed E-state index contributed by atoms with van der Waals surface area (Å²) in [6.07, 6.45) is 8.42. The molecule has 0 bridgehead atoms. The van der Waals surface area contributed by atoms with E-state index in [1.165, 1.54) is 12.8 Å². The topological polar surface area (TPSA) is 50.2 Å². The molecule has 1 aromatic heterocycles. The Morgan fingerprint density at radius 2 is 2.05 bits per heavy atom. The van der Waals surface area contributed by atoms with E-state index in [1.807, 2.05) is 0 Å². The Hall–Kier alpha value is -1.36. The lowest BCUT2D eigenvalue weighted by Crippen LogP contribution is -2.41. The van der Waals surface area contributed by atoms with Gasteiger partial charge in [-0.2, -0.15) is 0 Å². The van der Waals surface area contributed by atoms with Gasteiger partial charge in [-0.25, -0.2) is 4.98 Å². The van der Waals surface area contributed by atoms with Crippen LogP contribution in [0.25, 0.3) is 0 Å². The van der Waals surface area contributed by atoms with Crippen LogP contribution in [-0.2, 0) is 7.05 Å². The Balaban J connectivity index is 1.56. The van der Waals surface area contributed by atoms with Crippen molar-refractivity contribution in [2.24, 2.45) is 13.0 Å². The fourth-order valence-electron chi connectivity index (χ4n) is 2.67. The number of rotatable bonds is 4. The van der Waals surface area contributed by atoms with Crippen LogP contribution in [-0.4, -0.2) is 35.2 Å². The molecule has 0 spiro atoms. The molecule has 1 aliphatic heterocycles. The fraction of sp³-hybridized carbons (Fsp3) is 0.714. The highest BCUT2D eigenvalue weighted by Gasteiger charge is 2.25. The molecule has 2 fully saturated rings. The molecule has 1 aromatic rings. The molecule has 104 valence electrons.